The Hall–Kier alpha value is -1.57. The largest absolute Gasteiger partial charge is 0.395 e. The molecule has 7 nitrogen and oxygen atoms in total. The number of anilines is 1. The van der Waals surface area contributed by atoms with Crippen LogP contribution in [-0.4, -0.2) is 30.0 Å². The van der Waals surface area contributed by atoms with Gasteiger partial charge in [-0.15, -0.1) is 5.10 Å². The van der Waals surface area contributed by atoms with E-state index in [9.17, 15) is 0 Å². The fraction of sp³-hybridized carbons (Fsp3) is 0.556. The summed E-state index contributed by atoms with van der Waals surface area (Å²) in [4.78, 5) is 0. The Kier molecular flexibility index (Phi) is 3.05. The minimum absolute atomic E-state index is 0.245. The number of hydrogen-bond donors (Lipinski definition) is 1. The Morgan fingerprint density at radius 3 is 2.59 bits per heavy atom. The minimum Gasteiger partial charge on any atom is -0.395 e. The molecule has 0 fully saturated rings. The summed E-state index contributed by atoms with van der Waals surface area (Å²) in [6, 6.07) is 0.245. The number of nitrogen functional groups attached to an aromatic ring is 1. The van der Waals surface area contributed by atoms with E-state index >= 15 is 0 Å². The molecule has 0 aliphatic carbocycles. The smallest absolute Gasteiger partial charge is 0.215 e. The maximum Gasteiger partial charge on any atom is 0.215 e. The number of tetrazole rings is 1. The van der Waals surface area contributed by atoms with Crippen molar-refractivity contribution in [1.82, 2.24) is 30.0 Å². The topological polar surface area (TPSA) is 87.4 Å². The molecule has 0 amide bonds. The number of aromatic nitrogens is 6. The number of aryl methyl sites for hydroxylation is 2. The monoisotopic (exact) mass is 253 g/mol. The van der Waals surface area contributed by atoms with Crippen LogP contribution in [0.3, 0.4) is 0 Å². The van der Waals surface area contributed by atoms with Crippen molar-refractivity contribution in [2.75, 3.05) is 5.73 Å². The van der Waals surface area contributed by atoms with Gasteiger partial charge < -0.3 is 5.73 Å². The first-order valence-electron chi connectivity index (χ1n) is 5.25. The van der Waals surface area contributed by atoms with Gasteiger partial charge in [0.1, 0.15) is 5.03 Å². The molecule has 2 heterocycles. The van der Waals surface area contributed by atoms with Gasteiger partial charge in [0, 0.05) is 13.1 Å². The van der Waals surface area contributed by atoms with E-state index in [-0.39, 0.29) is 6.04 Å². The molecule has 2 aromatic heterocycles. The van der Waals surface area contributed by atoms with Crippen molar-refractivity contribution in [3.05, 3.63) is 5.69 Å². The van der Waals surface area contributed by atoms with Gasteiger partial charge in [-0.25, -0.2) is 4.68 Å². The molecule has 2 rings (SSSR count). The number of nitrogens with zero attached hydrogens (tertiary/aromatic N) is 6. The molecular formula is C9H15N7S. The van der Waals surface area contributed by atoms with Crippen molar-refractivity contribution < 1.29 is 0 Å². The zero-order chi connectivity index (χ0) is 12.6. The first-order valence-corrected chi connectivity index (χ1v) is 6.07. The molecule has 0 saturated heterocycles. The first-order chi connectivity index (χ1) is 8.00. The summed E-state index contributed by atoms with van der Waals surface area (Å²) in [5, 5.41) is 17.3. The highest BCUT2D eigenvalue weighted by Crippen LogP contribution is 2.33. The number of rotatable bonds is 3. The lowest BCUT2D eigenvalue weighted by Gasteiger charge is -2.09. The molecular weight excluding hydrogens is 238 g/mol. The van der Waals surface area contributed by atoms with E-state index in [1.54, 1.807) is 11.7 Å². The van der Waals surface area contributed by atoms with Crippen LogP contribution < -0.4 is 5.73 Å². The third-order valence-corrected chi connectivity index (χ3v) is 3.47. The van der Waals surface area contributed by atoms with Crippen molar-refractivity contribution >= 4 is 17.4 Å². The Labute approximate surface area is 103 Å². The second-order valence-electron chi connectivity index (χ2n) is 4.03. The Balaban J connectivity index is 2.41. The Morgan fingerprint density at radius 1 is 1.35 bits per heavy atom. The summed E-state index contributed by atoms with van der Waals surface area (Å²) >= 11 is 1.43. The minimum atomic E-state index is 0.245. The second-order valence-corrected chi connectivity index (χ2v) is 4.99. The molecule has 17 heavy (non-hydrogen) atoms. The predicted molar refractivity (Wildman–Crippen MR) is 64.7 cm³/mol. The molecule has 0 saturated carbocycles. The van der Waals surface area contributed by atoms with Crippen LogP contribution >= 0.6 is 11.8 Å². The number of nitrogens with two attached hydrogens (primary N) is 1. The summed E-state index contributed by atoms with van der Waals surface area (Å²) in [7, 11) is 1.79. The molecule has 92 valence electrons. The summed E-state index contributed by atoms with van der Waals surface area (Å²) in [5.74, 6) is 0. The van der Waals surface area contributed by atoms with Crippen LogP contribution in [0.15, 0.2) is 10.2 Å². The van der Waals surface area contributed by atoms with Crippen LogP contribution in [0.2, 0.25) is 0 Å². The van der Waals surface area contributed by atoms with Crippen molar-refractivity contribution in [2.24, 2.45) is 7.05 Å². The zero-order valence-electron chi connectivity index (χ0n) is 10.2. The van der Waals surface area contributed by atoms with Gasteiger partial charge in [-0.3, -0.25) is 4.68 Å². The van der Waals surface area contributed by atoms with E-state index in [2.05, 4.69) is 34.5 Å². The van der Waals surface area contributed by atoms with Crippen LogP contribution in [0.25, 0.3) is 0 Å². The molecule has 0 aromatic carbocycles. The van der Waals surface area contributed by atoms with E-state index < -0.39 is 0 Å². The van der Waals surface area contributed by atoms with Gasteiger partial charge in [0.25, 0.3) is 0 Å². The van der Waals surface area contributed by atoms with Crippen LogP contribution in [0.5, 0.6) is 0 Å². The highest BCUT2D eigenvalue weighted by molar-refractivity contribution is 7.99. The normalized spacial score (nSPS) is 11.4. The van der Waals surface area contributed by atoms with Gasteiger partial charge in [0.15, 0.2) is 0 Å². The van der Waals surface area contributed by atoms with Crippen molar-refractivity contribution in [1.29, 1.82) is 0 Å². The van der Waals surface area contributed by atoms with Crippen molar-refractivity contribution in [3.63, 3.8) is 0 Å². The van der Waals surface area contributed by atoms with Crippen LogP contribution in [0.4, 0.5) is 5.69 Å². The fourth-order valence-electron chi connectivity index (χ4n) is 1.38. The fourth-order valence-corrected chi connectivity index (χ4v) is 2.41. The van der Waals surface area contributed by atoms with E-state index in [4.69, 9.17) is 5.73 Å². The molecule has 2 N–H and O–H groups in total. The SMILES string of the molecule is Cc1nn(C(C)C)c(Sc2nnnn2C)c1N. The third-order valence-electron chi connectivity index (χ3n) is 2.34. The van der Waals surface area contributed by atoms with E-state index in [1.807, 2.05) is 11.6 Å². The molecule has 0 radical (unpaired) electrons. The quantitative estimate of drug-likeness (QED) is 0.879. The molecule has 0 aliphatic heterocycles. The average molecular weight is 253 g/mol. The van der Waals surface area contributed by atoms with Gasteiger partial charge in [-0.2, -0.15) is 5.10 Å². The summed E-state index contributed by atoms with van der Waals surface area (Å²) < 4.78 is 3.50. The van der Waals surface area contributed by atoms with Crippen LogP contribution in [0, 0.1) is 6.92 Å². The van der Waals surface area contributed by atoms with E-state index in [0.717, 1.165) is 10.7 Å². The maximum absolute atomic E-state index is 6.03. The molecule has 0 aliphatic rings. The summed E-state index contributed by atoms with van der Waals surface area (Å²) in [5.41, 5.74) is 7.54. The first kappa shape index (κ1) is 11.9. The summed E-state index contributed by atoms with van der Waals surface area (Å²) in [6.07, 6.45) is 0. The predicted octanol–water partition coefficient (Wildman–Crippen LogP) is 1.03. The molecule has 2 aromatic rings. The molecule has 0 atom stereocenters. The number of hydrogen-bond acceptors (Lipinski definition) is 6. The third kappa shape index (κ3) is 2.12. The average Bonchev–Trinajstić information content (AvgIpc) is 2.78. The lowest BCUT2D eigenvalue weighted by atomic mass is 10.4. The maximum atomic E-state index is 6.03. The van der Waals surface area contributed by atoms with Crippen molar-refractivity contribution in [2.45, 2.75) is 37.0 Å². The van der Waals surface area contributed by atoms with Gasteiger partial charge in [0.2, 0.25) is 5.16 Å². The summed E-state index contributed by atoms with van der Waals surface area (Å²) in [6.45, 7) is 6.02. The lowest BCUT2D eigenvalue weighted by Crippen LogP contribution is -2.05. The highest BCUT2D eigenvalue weighted by atomic mass is 32.2. The lowest BCUT2D eigenvalue weighted by molar-refractivity contribution is 0.490. The molecule has 8 heteroatoms. The van der Waals surface area contributed by atoms with E-state index in [1.165, 1.54) is 11.8 Å². The van der Waals surface area contributed by atoms with Gasteiger partial charge in [0.05, 0.1) is 11.4 Å². The standard InChI is InChI=1S/C9H15N7S/c1-5(2)16-8(7(10)6(3)12-16)17-9-11-13-14-15(9)4/h5H,10H2,1-4H3. The molecule has 0 spiro atoms. The second kappa shape index (κ2) is 4.36. The van der Waals surface area contributed by atoms with Gasteiger partial charge in [-0.1, -0.05) is 0 Å². The Bertz CT molecular complexity index is 527. The molecule has 0 unspecified atom stereocenters. The molecule has 0 bridgehead atoms. The zero-order valence-corrected chi connectivity index (χ0v) is 11.1. The highest BCUT2D eigenvalue weighted by Gasteiger charge is 2.18. The van der Waals surface area contributed by atoms with E-state index in [0.29, 0.717) is 10.8 Å². The van der Waals surface area contributed by atoms with Gasteiger partial charge >= 0.3 is 0 Å². The van der Waals surface area contributed by atoms with Crippen LogP contribution in [0.1, 0.15) is 25.6 Å². The Morgan fingerprint density at radius 2 is 2.06 bits per heavy atom. The van der Waals surface area contributed by atoms with Gasteiger partial charge in [-0.05, 0) is 43.0 Å². The van der Waals surface area contributed by atoms with Crippen LogP contribution in [-0.2, 0) is 7.05 Å². The van der Waals surface area contributed by atoms with Crippen molar-refractivity contribution in [3.8, 4) is 0 Å².